The third kappa shape index (κ3) is 3.50. The van der Waals surface area contributed by atoms with Crippen LogP contribution in [0, 0.1) is 13.8 Å². The van der Waals surface area contributed by atoms with E-state index in [0.717, 1.165) is 17.7 Å². The number of halogens is 3. The van der Waals surface area contributed by atoms with Gasteiger partial charge in [-0.2, -0.15) is 13.2 Å². The fraction of sp³-hybridized carbons (Fsp3) is 0.333. The zero-order chi connectivity index (χ0) is 15.8. The second-order valence-corrected chi connectivity index (χ2v) is 6.49. The molecule has 1 aromatic heterocycles. The van der Waals surface area contributed by atoms with E-state index in [1.54, 1.807) is 11.3 Å². The smallest absolute Gasteiger partial charge is 0.397 e. The minimum Gasteiger partial charge on any atom is -0.397 e. The van der Waals surface area contributed by atoms with Crippen molar-refractivity contribution in [3.8, 4) is 0 Å². The quantitative estimate of drug-likeness (QED) is 0.770. The van der Waals surface area contributed by atoms with Crippen LogP contribution in [0.5, 0.6) is 0 Å². The van der Waals surface area contributed by atoms with Gasteiger partial charge in [-0.25, -0.2) is 0 Å². The topological polar surface area (TPSA) is 38.0 Å². The standard InChI is InChI=1S/C15H17F3N2S/c1-8-6-12(10(3)21-8)9(2)20-14-5-4-11(7-13(14)19)15(16,17)18/h4-7,9,20H,19H2,1-3H3. The number of aryl methyl sites for hydroxylation is 2. The van der Waals surface area contributed by atoms with Crippen molar-refractivity contribution < 1.29 is 13.2 Å². The average Bonchev–Trinajstić information content (AvgIpc) is 2.69. The zero-order valence-corrected chi connectivity index (χ0v) is 12.8. The van der Waals surface area contributed by atoms with E-state index in [1.165, 1.54) is 15.8 Å². The predicted octanol–water partition coefficient (Wildman–Crippen LogP) is 5.14. The van der Waals surface area contributed by atoms with Crippen LogP contribution in [0.1, 0.15) is 33.8 Å². The van der Waals surface area contributed by atoms with Gasteiger partial charge in [-0.15, -0.1) is 11.3 Å². The summed E-state index contributed by atoms with van der Waals surface area (Å²) in [5.41, 5.74) is 6.74. The number of anilines is 2. The van der Waals surface area contributed by atoms with Crippen molar-refractivity contribution in [2.45, 2.75) is 33.0 Å². The number of benzene rings is 1. The Balaban J connectivity index is 2.22. The Hall–Kier alpha value is -1.69. The summed E-state index contributed by atoms with van der Waals surface area (Å²) in [6.45, 7) is 6.02. The molecule has 0 radical (unpaired) electrons. The van der Waals surface area contributed by atoms with E-state index >= 15 is 0 Å². The lowest BCUT2D eigenvalue weighted by Gasteiger charge is -2.18. The Labute approximate surface area is 125 Å². The van der Waals surface area contributed by atoms with Gasteiger partial charge < -0.3 is 11.1 Å². The van der Waals surface area contributed by atoms with Crippen molar-refractivity contribution >= 4 is 22.7 Å². The maximum absolute atomic E-state index is 12.6. The van der Waals surface area contributed by atoms with Gasteiger partial charge in [0.1, 0.15) is 0 Å². The fourth-order valence-electron chi connectivity index (χ4n) is 2.26. The molecule has 2 rings (SSSR count). The van der Waals surface area contributed by atoms with Crippen molar-refractivity contribution in [1.29, 1.82) is 0 Å². The second-order valence-electron chi connectivity index (χ2n) is 5.03. The van der Waals surface area contributed by atoms with Gasteiger partial charge in [0.2, 0.25) is 0 Å². The fourth-order valence-corrected chi connectivity index (χ4v) is 3.28. The van der Waals surface area contributed by atoms with Crippen LogP contribution in [-0.2, 0) is 6.18 Å². The number of rotatable bonds is 3. The van der Waals surface area contributed by atoms with Gasteiger partial charge in [-0.05, 0) is 50.6 Å². The normalized spacial score (nSPS) is 13.2. The highest BCUT2D eigenvalue weighted by Gasteiger charge is 2.30. The Bertz CT molecular complexity index is 647. The highest BCUT2D eigenvalue weighted by Crippen LogP contribution is 2.35. The first-order valence-electron chi connectivity index (χ1n) is 6.48. The third-order valence-corrected chi connectivity index (χ3v) is 4.28. The van der Waals surface area contributed by atoms with Crippen molar-refractivity contribution in [3.63, 3.8) is 0 Å². The van der Waals surface area contributed by atoms with Gasteiger partial charge in [0, 0.05) is 15.8 Å². The first-order valence-corrected chi connectivity index (χ1v) is 7.30. The Morgan fingerprint density at radius 1 is 1.19 bits per heavy atom. The molecule has 6 heteroatoms. The van der Waals surface area contributed by atoms with Gasteiger partial charge in [-0.3, -0.25) is 0 Å². The summed E-state index contributed by atoms with van der Waals surface area (Å²) in [7, 11) is 0. The molecule has 0 aliphatic heterocycles. The minimum atomic E-state index is -4.38. The van der Waals surface area contributed by atoms with Crippen LogP contribution in [-0.4, -0.2) is 0 Å². The summed E-state index contributed by atoms with van der Waals surface area (Å²) in [5.74, 6) is 0. The molecule has 2 nitrogen and oxygen atoms in total. The maximum Gasteiger partial charge on any atom is 0.416 e. The van der Waals surface area contributed by atoms with Crippen LogP contribution in [0.25, 0.3) is 0 Å². The number of alkyl halides is 3. The van der Waals surface area contributed by atoms with Crippen LogP contribution >= 0.6 is 11.3 Å². The number of nitrogens with one attached hydrogen (secondary N) is 1. The molecule has 3 N–H and O–H groups in total. The summed E-state index contributed by atoms with van der Waals surface area (Å²) < 4.78 is 37.8. The maximum atomic E-state index is 12.6. The van der Waals surface area contributed by atoms with Crippen LogP contribution in [0.2, 0.25) is 0 Å². The first kappa shape index (κ1) is 15.7. The van der Waals surface area contributed by atoms with E-state index in [4.69, 9.17) is 5.73 Å². The number of nitrogen functional groups attached to an aromatic ring is 1. The Morgan fingerprint density at radius 3 is 2.33 bits per heavy atom. The molecule has 1 aromatic carbocycles. The summed E-state index contributed by atoms with van der Waals surface area (Å²) in [5, 5.41) is 3.17. The van der Waals surface area contributed by atoms with E-state index in [1.807, 2.05) is 20.8 Å². The SMILES string of the molecule is Cc1cc(C(C)Nc2ccc(C(F)(F)F)cc2N)c(C)s1. The molecule has 0 saturated carbocycles. The lowest BCUT2D eigenvalue weighted by atomic mass is 10.1. The molecule has 1 heterocycles. The van der Waals surface area contributed by atoms with Gasteiger partial charge in [-0.1, -0.05) is 0 Å². The molecule has 0 fully saturated rings. The molecule has 0 bridgehead atoms. The van der Waals surface area contributed by atoms with Gasteiger partial charge >= 0.3 is 6.18 Å². The highest BCUT2D eigenvalue weighted by atomic mass is 32.1. The first-order chi connectivity index (χ1) is 9.68. The number of thiophene rings is 1. The molecule has 2 aromatic rings. The second kappa shape index (κ2) is 5.60. The lowest BCUT2D eigenvalue weighted by molar-refractivity contribution is -0.137. The molecule has 0 aliphatic carbocycles. The highest BCUT2D eigenvalue weighted by molar-refractivity contribution is 7.12. The molecule has 0 amide bonds. The van der Waals surface area contributed by atoms with E-state index in [2.05, 4.69) is 11.4 Å². The van der Waals surface area contributed by atoms with E-state index in [-0.39, 0.29) is 11.7 Å². The molecule has 1 unspecified atom stereocenters. The van der Waals surface area contributed by atoms with Crippen molar-refractivity contribution in [2.24, 2.45) is 0 Å². The Kier molecular flexibility index (Phi) is 4.18. The summed E-state index contributed by atoms with van der Waals surface area (Å²) in [4.78, 5) is 2.40. The number of hydrogen-bond donors (Lipinski definition) is 2. The van der Waals surface area contributed by atoms with Crippen LogP contribution < -0.4 is 11.1 Å². The summed E-state index contributed by atoms with van der Waals surface area (Å²) >= 11 is 1.70. The molecule has 1 atom stereocenters. The largest absolute Gasteiger partial charge is 0.416 e. The molecule has 0 saturated heterocycles. The predicted molar refractivity (Wildman–Crippen MR) is 81.7 cm³/mol. The molecule has 114 valence electrons. The van der Waals surface area contributed by atoms with E-state index in [0.29, 0.717) is 5.69 Å². The van der Waals surface area contributed by atoms with Gasteiger partial charge in [0.05, 0.1) is 16.9 Å². The Morgan fingerprint density at radius 2 is 1.86 bits per heavy atom. The van der Waals surface area contributed by atoms with E-state index in [9.17, 15) is 13.2 Å². The van der Waals surface area contributed by atoms with Crippen molar-refractivity contribution in [3.05, 3.63) is 45.1 Å². The van der Waals surface area contributed by atoms with Crippen LogP contribution in [0.4, 0.5) is 24.5 Å². The van der Waals surface area contributed by atoms with E-state index < -0.39 is 11.7 Å². The van der Waals surface area contributed by atoms with Crippen LogP contribution in [0.15, 0.2) is 24.3 Å². The van der Waals surface area contributed by atoms with Crippen LogP contribution in [0.3, 0.4) is 0 Å². The number of hydrogen-bond acceptors (Lipinski definition) is 3. The van der Waals surface area contributed by atoms with Crippen molar-refractivity contribution in [1.82, 2.24) is 0 Å². The summed E-state index contributed by atoms with van der Waals surface area (Å²) in [6.07, 6.45) is -4.38. The number of nitrogens with two attached hydrogens (primary N) is 1. The lowest BCUT2D eigenvalue weighted by Crippen LogP contribution is -2.10. The van der Waals surface area contributed by atoms with Crippen molar-refractivity contribution in [2.75, 3.05) is 11.1 Å². The summed E-state index contributed by atoms with van der Waals surface area (Å²) in [6, 6.07) is 5.44. The molecule has 21 heavy (non-hydrogen) atoms. The minimum absolute atomic E-state index is 0.0195. The average molecular weight is 314 g/mol. The monoisotopic (exact) mass is 314 g/mol. The van der Waals surface area contributed by atoms with Gasteiger partial charge in [0.15, 0.2) is 0 Å². The third-order valence-electron chi connectivity index (χ3n) is 3.30. The molecule has 0 spiro atoms. The van der Waals surface area contributed by atoms with Gasteiger partial charge in [0.25, 0.3) is 0 Å². The molecular formula is C15H17F3N2S. The molecular weight excluding hydrogens is 297 g/mol. The molecule has 0 aliphatic rings. The zero-order valence-electron chi connectivity index (χ0n) is 12.0.